The SMILES string of the molecule is Cc1ccccc1Oc1cc(NC(=O)c2cn(-c3ccccc3)nc2-c2ccccc2)cc(Oc2ccccc2C)c1. The Morgan fingerprint density at radius 1 is 0.667 bits per heavy atom. The number of para-hydroxylation sites is 3. The van der Waals surface area contributed by atoms with Gasteiger partial charge < -0.3 is 14.8 Å². The van der Waals surface area contributed by atoms with Gasteiger partial charge in [0, 0.05) is 35.6 Å². The third-order valence-electron chi connectivity index (χ3n) is 6.81. The number of amides is 1. The Morgan fingerprint density at radius 2 is 1.19 bits per heavy atom. The zero-order valence-electron chi connectivity index (χ0n) is 23.3. The number of hydrogen-bond acceptors (Lipinski definition) is 4. The molecule has 6 heteroatoms. The average Bonchev–Trinajstić information content (AvgIpc) is 3.46. The van der Waals surface area contributed by atoms with Gasteiger partial charge in [-0.1, -0.05) is 84.9 Å². The van der Waals surface area contributed by atoms with Gasteiger partial charge in [0.05, 0.1) is 11.3 Å². The molecule has 6 nitrogen and oxygen atoms in total. The summed E-state index contributed by atoms with van der Waals surface area (Å²) in [6, 6.07) is 40.4. The van der Waals surface area contributed by atoms with Gasteiger partial charge in [0.1, 0.15) is 28.7 Å². The van der Waals surface area contributed by atoms with Gasteiger partial charge in [-0.05, 0) is 49.2 Å². The predicted octanol–water partition coefficient (Wildman–Crippen LogP) is 8.99. The summed E-state index contributed by atoms with van der Waals surface area (Å²) in [5, 5.41) is 7.85. The summed E-state index contributed by atoms with van der Waals surface area (Å²) in [7, 11) is 0. The van der Waals surface area contributed by atoms with Crippen molar-refractivity contribution < 1.29 is 14.3 Å². The molecular formula is C36H29N3O3. The Morgan fingerprint density at radius 3 is 1.76 bits per heavy atom. The van der Waals surface area contributed by atoms with Crippen LogP contribution in [0.3, 0.4) is 0 Å². The first-order valence-electron chi connectivity index (χ1n) is 13.7. The molecule has 1 amide bonds. The topological polar surface area (TPSA) is 65.4 Å². The van der Waals surface area contributed by atoms with Gasteiger partial charge in [0.25, 0.3) is 5.91 Å². The van der Waals surface area contributed by atoms with Crippen molar-refractivity contribution in [1.29, 1.82) is 0 Å². The highest BCUT2D eigenvalue weighted by atomic mass is 16.5. The molecule has 5 aromatic carbocycles. The molecule has 1 N–H and O–H groups in total. The van der Waals surface area contributed by atoms with E-state index in [1.807, 2.05) is 129 Å². The van der Waals surface area contributed by atoms with Crippen LogP contribution in [0.25, 0.3) is 16.9 Å². The quantitative estimate of drug-likeness (QED) is 0.205. The molecule has 0 aliphatic heterocycles. The van der Waals surface area contributed by atoms with Crippen LogP contribution in [0.4, 0.5) is 5.69 Å². The number of carbonyl (C=O) groups excluding carboxylic acids is 1. The van der Waals surface area contributed by atoms with Crippen LogP contribution in [0.5, 0.6) is 23.0 Å². The van der Waals surface area contributed by atoms with E-state index in [1.165, 1.54) is 0 Å². The van der Waals surface area contributed by atoms with Crippen LogP contribution >= 0.6 is 0 Å². The zero-order valence-corrected chi connectivity index (χ0v) is 23.3. The van der Waals surface area contributed by atoms with Crippen LogP contribution in [-0.2, 0) is 0 Å². The molecular weight excluding hydrogens is 522 g/mol. The van der Waals surface area contributed by atoms with Crippen molar-refractivity contribution in [2.75, 3.05) is 5.32 Å². The molecule has 0 unspecified atom stereocenters. The Balaban J connectivity index is 1.37. The number of aryl methyl sites for hydroxylation is 2. The Bertz CT molecular complexity index is 1780. The lowest BCUT2D eigenvalue weighted by atomic mass is 10.1. The highest BCUT2D eigenvalue weighted by Gasteiger charge is 2.20. The van der Waals surface area contributed by atoms with E-state index in [-0.39, 0.29) is 5.91 Å². The summed E-state index contributed by atoms with van der Waals surface area (Å²) < 4.78 is 14.2. The van der Waals surface area contributed by atoms with Gasteiger partial charge in [-0.15, -0.1) is 0 Å². The van der Waals surface area contributed by atoms with Crippen molar-refractivity contribution in [1.82, 2.24) is 9.78 Å². The maximum Gasteiger partial charge on any atom is 0.259 e. The van der Waals surface area contributed by atoms with Crippen molar-refractivity contribution in [3.8, 4) is 39.9 Å². The number of rotatable bonds is 8. The van der Waals surface area contributed by atoms with Crippen molar-refractivity contribution in [3.05, 3.63) is 150 Å². The number of nitrogens with one attached hydrogen (secondary N) is 1. The van der Waals surface area contributed by atoms with Crippen molar-refractivity contribution in [2.45, 2.75) is 13.8 Å². The summed E-state index contributed by atoms with van der Waals surface area (Å²) in [5.41, 5.74) is 5.25. The Kier molecular flexibility index (Phi) is 7.51. The maximum absolute atomic E-state index is 13.9. The van der Waals surface area contributed by atoms with E-state index in [1.54, 1.807) is 23.0 Å². The molecule has 0 bridgehead atoms. The number of ether oxygens (including phenoxy) is 2. The fraction of sp³-hybridized carbons (Fsp3) is 0.0556. The van der Waals surface area contributed by atoms with Gasteiger partial charge in [-0.3, -0.25) is 4.79 Å². The summed E-state index contributed by atoms with van der Waals surface area (Å²) in [4.78, 5) is 13.9. The smallest absolute Gasteiger partial charge is 0.259 e. The number of benzene rings is 5. The molecule has 6 aromatic rings. The fourth-order valence-corrected chi connectivity index (χ4v) is 4.62. The number of aromatic nitrogens is 2. The maximum atomic E-state index is 13.9. The number of hydrogen-bond donors (Lipinski definition) is 1. The van der Waals surface area contributed by atoms with E-state index in [2.05, 4.69) is 5.32 Å². The minimum absolute atomic E-state index is 0.300. The summed E-state index contributed by atoms with van der Waals surface area (Å²) >= 11 is 0. The van der Waals surface area contributed by atoms with Crippen molar-refractivity contribution >= 4 is 11.6 Å². The molecule has 1 aromatic heterocycles. The first kappa shape index (κ1) is 26.6. The molecule has 1 heterocycles. The first-order chi connectivity index (χ1) is 20.5. The normalized spacial score (nSPS) is 10.7. The molecule has 42 heavy (non-hydrogen) atoms. The summed E-state index contributed by atoms with van der Waals surface area (Å²) in [6.45, 7) is 3.97. The number of nitrogens with zero attached hydrogens (tertiary/aromatic N) is 2. The monoisotopic (exact) mass is 551 g/mol. The molecule has 0 aliphatic carbocycles. The van der Waals surface area contributed by atoms with Crippen LogP contribution in [-0.4, -0.2) is 15.7 Å². The lowest BCUT2D eigenvalue weighted by Crippen LogP contribution is -2.12. The molecule has 0 saturated carbocycles. The van der Waals surface area contributed by atoms with E-state index in [9.17, 15) is 4.79 Å². The minimum Gasteiger partial charge on any atom is -0.457 e. The van der Waals surface area contributed by atoms with E-state index < -0.39 is 0 Å². The van der Waals surface area contributed by atoms with Gasteiger partial charge in [0.15, 0.2) is 0 Å². The predicted molar refractivity (Wildman–Crippen MR) is 166 cm³/mol. The van der Waals surface area contributed by atoms with Crippen LogP contribution in [0.2, 0.25) is 0 Å². The van der Waals surface area contributed by atoms with E-state index in [0.717, 1.165) is 33.9 Å². The largest absolute Gasteiger partial charge is 0.457 e. The van der Waals surface area contributed by atoms with Crippen LogP contribution in [0.1, 0.15) is 21.5 Å². The molecule has 0 aliphatic rings. The van der Waals surface area contributed by atoms with E-state index >= 15 is 0 Å². The molecule has 206 valence electrons. The first-order valence-corrected chi connectivity index (χ1v) is 13.7. The zero-order chi connectivity index (χ0) is 28.9. The fourth-order valence-electron chi connectivity index (χ4n) is 4.62. The van der Waals surface area contributed by atoms with Crippen LogP contribution in [0, 0.1) is 13.8 Å². The van der Waals surface area contributed by atoms with Gasteiger partial charge in [-0.25, -0.2) is 4.68 Å². The molecule has 6 rings (SSSR count). The summed E-state index contributed by atoms with van der Waals surface area (Å²) in [6.07, 6.45) is 1.76. The van der Waals surface area contributed by atoms with Gasteiger partial charge >= 0.3 is 0 Å². The lowest BCUT2D eigenvalue weighted by molar-refractivity contribution is 0.102. The second-order valence-electron chi connectivity index (χ2n) is 9.92. The van der Waals surface area contributed by atoms with Gasteiger partial charge in [-0.2, -0.15) is 5.10 Å². The highest BCUT2D eigenvalue weighted by Crippen LogP contribution is 2.35. The third kappa shape index (κ3) is 5.93. The standard InChI is InChI=1S/C36H29N3O3/c1-25-13-9-11-19-33(25)41-30-21-28(22-31(23-30)42-34-20-12-10-14-26(34)2)37-36(40)32-24-39(29-17-7-4-8-18-29)38-35(32)27-15-5-3-6-16-27/h3-24H,1-2H3,(H,37,40). The molecule has 0 saturated heterocycles. The Hall–Kier alpha value is -5.62. The average molecular weight is 552 g/mol. The Labute approximate surface area is 244 Å². The summed E-state index contributed by atoms with van der Waals surface area (Å²) in [5.74, 6) is 2.21. The lowest BCUT2D eigenvalue weighted by Gasteiger charge is -2.15. The minimum atomic E-state index is -0.300. The molecule has 0 atom stereocenters. The second kappa shape index (κ2) is 11.9. The van der Waals surface area contributed by atoms with Crippen LogP contribution < -0.4 is 14.8 Å². The molecule has 0 spiro atoms. The van der Waals surface area contributed by atoms with Crippen molar-refractivity contribution in [2.24, 2.45) is 0 Å². The van der Waals surface area contributed by atoms with Gasteiger partial charge in [0.2, 0.25) is 0 Å². The molecule has 0 fully saturated rings. The molecule has 0 radical (unpaired) electrons. The van der Waals surface area contributed by atoms with E-state index in [4.69, 9.17) is 14.6 Å². The van der Waals surface area contributed by atoms with E-state index in [0.29, 0.717) is 28.4 Å². The third-order valence-corrected chi connectivity index (χ3v) is 6.81. The van der Waals surface area contributed by atoms with Crippen molar-refractivity contribution in [3.63, 3.8) is 0 Å². The number of carbonyl (C=O) groups is 1. The highest BCUT2D eigenvalue weighted by molar-refractivity contribution is 6.08. The second-order valence-corrected chi connectivity index (χ2v) is 9.92. The van der Waals surface area contributed by atoms with Crippen LogP contribution in [0.15, 0.2) is 134 Å². The number of anilines is 1.